The second-order valence-corrected chi connectivity index (χ2v) is 4.53. The molecule has 4 nitrogen and oxygen atoms in total. The zero-order valence-electron chi connectivity index (χ0n) is 11.5. The smallest absolute Gasteiger partial charge is 0.407 e. The van der Waals surface area contributed by atoms with Crippen LogP contribution in [0, 0.1) is 0 Å². The Morgan fingerprint density at radius 2 is 2.00 bits per heavy atom. The summed E-state index contributed by atoms with van der Waals surface area (Å²) in [5, 5.41) is 3.34. The summed E-state index contributed by atoms with van der Waals surface area (Å²) in [6.07, 6.45) is -0.410. The van der Waals surface area contributed by atoms with Crippen molar-refractivity contribution in [2.24, 2.45) is 0 Å². The van der Waals surface area contributed by atoms with E-state index in [0.29, 0.717) is 11.6 Å². The number of alkyl carbamates (subject to hydrolysis) is 1. The number of ether oxygens (including phenoxy) is 1. The van der Waals surface area contributed by atoms with E-state index in [1.54, 1.807) is 6.07 Å². The van der Waals surface area contributed by atoms with Crippen LogP contribution in [0.25, 0.3) is 0 Å². The minimum atomic E-state index is -0.410. The van der Waals surface area contributed by atoms with Gasteiger partial charge in [0.05, 0.1) is 0 Å². The lowest BCUT2D eigenvalue weighted by molar-refractivity contribution is 0.138. The summed E-state index contributed by atoms with van der Waals surface area (Å²) in [5.41, 5.74) is 0.808. The second-order valence-electron chi connectivity index (χ2n) is 4.12. The first-order valence-electron chi connectivity index (χ1n) is 6.53. The first-order valence-corrected chi connectivity index (χ1v) is 6.91. The predicted octanol–water partition coefficient (Wildman–Crippen LogP) is 2.91. The van der Waals surface area contributed by atoms with Crippen molar-refractivity contribution in [3.8, 4) is 0 Å². The van der Waals surface area contributed by atoms with E-state index >= 15 is 0 Å². The third-order valence-corrected chi connectivity index (χ3v) is 3.28. The van der Waals surface area contributed by atoms with Crippen molar-refractivity contribution >= 4 is 17.7 Å². The lowest BCUT2D eigenvalue weighted by Gasteiger charge is -2.17. The number of nitrogens with one attached hydrogen (secondary N) is 1. The van der Waals surface area contributed by atoms with Gasteiger partial charge in [0.2, 0.25) is 0 Å². The molecule has 0 unspecified atom stereocenters. The van der Waals surface area contributed by atoms with Gasteiger partial charge in [0.15, 0.2) is 0 Å². The van der Waals surface area contributed by atoms with E-state index in [1.807, 2.05) is 18.2 Å². The summed E-state index contributed by atoms with van der Waals surface area (Å²) >= 11 is 5.97. The predicted molar refractivity (Wildman–Crippen MR) is 77.4 cm³/mol. The number of benzene rings is 1. The van der Waals surface area contributed by atoms with Crippen molar-refractivity contribution in [2.75, 3.05) is 26.2 Å². The van der Waals surface area contributed by atoms with E-state index in [1.165, 1.54) is 0 Å². The lowest BCUT2D eigenvalue weighted by atomic mass is 10.2. The normalized spacial score (nSPS) is 10.5. The van der Waals surface area contributed by atoms with Gasteiger partial charge in [0, 0.05) is 23.7 Å². The number of hydrogen-bond donors (Lipinski definition) is 1. The molecule has 0 aliphatic rings. The van der Waals surface area contributed by atoms with Crippen LogP contribution in [0.1, 0.15) is 19.4 Å². The van der Waals surface area contributed by atoms with E-state index in [2.05, 4.69) is 24.1 Å². The summed E-state index contributed by atoms with van der Waals surface area (Å²) in [7, 11) is 0. The molecule has 106 valence electrons. The molecule has 1 aromatic rings. The molecular weight excluding hydrogens is 264 g/mol. The maximum atomic E-state index is 11.5. The molecule has 0 saturated carbocycles. The molecule has 0 bridgehead atoms. The minimum Gasteiger partial charge on any atom is -0.445 e. The molecule has 0 radical (unpaired) electrons. The highest BCUT2D eigenvalue weighted by Crippen LogP contribution is 2.15. The Balaban J connectivity index is 2.23. The van der Waals surface area contributed by atoms with Gasteiger partial charge in [-0.25, -0.2) is 4.79 Å². The molecule has 0 saturated heterocycles. The van der Waals surface area contributed by atoms with E-state index in [9.17, 15) is 4.79 Å². The van der Waals surface area contributed by atoms with Crippen LogP contribution in [0.4, 0.5) is 4.79 Å². The standard InChI is InChI=1S/C14H21ClN2O2/c1-3-17(4-2)10-9-16-14(18)19-11-12-7-5-6-8-13(12)15/h5-8H,3-4,9-11H2,1-2H3,(H,16,18). The summed E-state index contributed by atoms with van der Waals surface area (Å²) in [4.78, 5) is 13.7. The van der Waals surface area contributed by atoms with Gasteiger partial charge < -0.3 is 15.0 Å². The van der Waals surface area contributed by atoms with Crippen molar-refractivity contribution in [3.05, 3.63) is 34.9 Å². The molecule has 0 spiro atoms. The average molecular weight is 285 g/mol. The average Bonchev–Trinajstić information content (AvgIpc) is 2.43. The Bertz CT molecular complexity index is 395. The molecule has 0 aliphatic heterocycles. The summed E-state index contributed by atoms with van der Waals surface area (Å²) in [6.45, 7) is 7.76. The van der Waals surface area contributed by atoms with Gasteiger partial charge in [-0.15, -0.1) is 0 Å². The number of nitrogens with zero attached hydrogens (tertiary/aromatic N) is 1. The van der Waals surface area contributed by atoms with Gasteiger partial charge in [-0.3, -0.25) is 0 Å². The van der Waals surface area contributed by atoms with Gasteiger partial charge in [-0.1, -0.05) is 43.6 Å². The van der Waals surface area contributed by atoms with Crippen LogP contribution < -0.4 is 5.32 Å². The SMILES string of the molecule is CCN(CC)CCNC(=O)OCc1ccccc1Cl. The second kappa shape index (κ2) is 8.77. The van der Waals surface area contributed by atoms with Crippen LogP contribution in [0.15, 0.2) is 24.3 Å². The van der Waals surface area contributed by atoms with Crippen molar-refractivity contribution < 1.29 is 9.53 Å². The highest BCUT2D eigenvalue weighted by atomic mass is 35.5. The largest absolute Gasteiger partial charge is 0.445 e. The Labute approximate surface area is 119 Å². The minimum absolute atomic E-state index is 0.191. The van der Waals surface area contributed by atoms with Gasteiger partial charge in [-0.05, 0) is 19.2 Å². The fraction of sp³-hybridized carbons (Fsp3) is 0.500. The number of carbonyl (C=O) groups excluding carboxylic acids is 1. The van der Waals surface area contributed by atoms with Crippen LogP contribution in [-0.4, -0.2) is 37.2 Å². The fourth-order valence-corrected chi connectivity index (χ4v) is 1.86. The molecule has 0 fully saturated rings. The van der Waals surface area contributed by atoms with Crippen LogP contribution in [0.5, 0.6) is 0 Å². The van der Waals surface area contributed by atoms with Crippen LogP contribution in [0.2, 0.25) is 5.02 Å². The molecule has 1 aromatic carbocycles. The van der Waals surface area contributed by atoms with Gasteiger partial charge in [0.25, 0.3) is 0 Å². The molecule has 0 aliphatic carbocycles. The highest BCUT2D eigenvalue weighted by molar-refractivity contribution is 6.31. The zero-order valence-corrected chi connectivity index (χ0v) is 12.2. The monoisotopic (exact) mass is 284 g/mol. The number of halogens is 1. The molecule has 19 heavy (non-hydrogen) atoms. The van der Waals surface area contributed by atoms with Crippen molar-refractivity contribution in [1.29, 1.82) is 0 Å². The number of hydrogen-bond acceptors (Lipinski definition) is 3. The molecule has 1 amide bonds. The summed E-state index contributed by atoms with van der Waals surface area (Å²) in [6, 6.07) is 7.32. The Morgan fingerprint density at radius 3 is 2.63 bits per heavy atom. The van der Waals surface area contributed by atoms with Crippen molar-refractivity contribution in [1.82, 2.24) is 10.2 Å². The summed E-state index contributed by atoms with van der Waals surface area (Å²) < 4.78 is 5.10. The number of amides is 1. The zero-order chi connectivity index (χ0) is 14.1. The molecule has 1 rings (SSSR count). The summed E-state index contributed by atoms with van der Waals surface area (Å²) in [5.74, 6) is 0. The van der Waals surface area contributed by atoms with Gasteiger partial charge in [0.1, 0.15) is 6.61 Å². The maximum absolute atomic E-state index is 11.5. The molecule has 0 atom stereocenters. The molecule has 5 heteroatoms. The van der Waals surface area contributed by atoms with E-state index in [0.717, 1.165) is 25.2 Å². The first kappa shape index (κ1) is 15.8. The van der Waals surface area contributed by atoms with Gasteiger partial charge in [-0.2, -0.15) is 0 Å². The van der Waals surface area contributed by atoms with Crippen LogP contribution in [-0.2, 0) is 11.3 Å². The Kier molecular flexibility index (Phi) is 7.30. The molecule has 0 heterocycles. The Morgan fingerprint density at radius 1 is 1.32 bits per heavy atom. The van der Waals surface area contributed by atoms with Crippen molar-refractivity contribution in [2.45, 2.75) is 20.5 Å². The van der Waals surface area contributed by atoms with E-state index < -0.39 is 6.09 Å². The molecule has 1 N–H and O–H groups in total. The fourth-order valence-electron chi connectivity index (χ4n) is 1.67. The molecule has 0 aromatic heterocycles. The number of rotatable bonds is 7. The van der Waals surface area contributed by atoms with Gasteiger partial charge >= 0.3 is 6.09 Å². The number of likely N-dealkylation sites (N-methyl/N-ethyl adjacent to an activating group) is 1. The quantitative estimate of drug-likeness (QED) is 0.837. The highest BCUT2D eigenvalue weighted by Gasteiger charge is 2.05. The van der Waals surface area contributed by atoms with E-state index in [4.69, 9.17) is 16.3 Å². The topological polar surface area (TPSA) is 41.6 Å². The lowest BCUT2D eigenvalue weighted by Crippen LogP contribution is -2.35. The third kappa shape index (κ3) is 5.94. The van der Waals surface area contributed by atoms with Crippen LogP contribution >= 0.6 is 11.6 Å². The maximum Gasteiger partial charge on any atom is 0.407 e. The number of carbonyl (C=O) groups is 1. The van der Waals surface area contributed by atoms with Crippen LogP contribution in [0.3, 0.4) is 0 Å². The Hall–Kier alpha value is -1.26. The third-order valence-electron chi connectivity index (χ3n) is 2.91. The molecular formula is C14H21ClN2O2. The van der Waals surface area contributed by atoms with E-state index in [-0.39, 0.29) is 6.61 Å². The van der Waals surface area contributed by atoms with Crippen molar-refractivity contribution in [3.63, 3.8) is 0 Å². The first-order chi connectivity index (χ1) is 9.17.